The van der Waals surface area contributed by atoms with E-state index in [0.29, 0.717) is 65.8 Å². The fourth-order valence-corrected chi connectivity index (χ4v) is 5.61. The number of piperazine rings is 1. The van der Waals surface area contributed by atoms with Crippen LogP contribution >= 0.6 is 0 Å². The van der Waals surface area contributed by atoms with Gasteiger partial charge in [0, 0.05) is 50.0 Å². The Hall–Kier alpha value is -3.75. The lowest BCUT2D eigenvalue weighted by Gasteiger charge is -2.38. The van der Waals surface area contributed by atoms with Crippen molar-refractivity contribution in [1.82, 2.24) is 39.1 Å². The Kier molecular flexibility index (Phi) is 7.42. The second-order valence-corrected chi connectivity index (χ2v) is 11.5. The zero-order chi connectivity index (χ0) is 27.7. The van der Waals surface area contributed by atoms with Gasteiger partial charge in [-0.2, -0.15) is 4.31 Å². The van der Waals surface area contributed by atoms with E-state index in [4.69, 9.17) is 4.74 Å². The van der Waals surface area contributed by atoms with Crippen LogP contribution in [0.25, 0.3) is 22.4 Å². The number of aromatic nitrogens is 6. The Morgan fingerprint density at radius 1 is 1.18 bits per heavy atom. The quantitative estimate of drug-likeness (QED) is 0.333. The zero-order valence-electron chi connectivity index (χ0n) is 22.1. The number of sulfonamides is 1. The summed E-state index contributed by atoms with van der Waals surface area (Å²) in [7, 11) is -1.85. The molecule has 0 unspecified atom stereocenters. The number of methoxy groups -OCH3 is 1. The number of hydrogen-bond acceptors (Lipinski definition) is 10. The summed E-state index contributed by atoms with van der Waals surface area (Å²) < 4.78 is 44.7. The molecule has 1 aliphatic heterocycles. The number of H-pyrrole nitrogens is 1. The first-order chi connectivity index (χ1) is 18.6. The molecule has 0 radical (unpaired) electrons. The standard InChI is InChI=1S/C25H30FN9O3S/c1-15-13-35(39(4,36)37)8-7-34(15)6-5-17-9-19(21-22-24(30-14-29-22)32-16(2)31-21)23(27-11-17)33-18-10-20(26)25(38-3)28-12-18/h9-12,14-15H,5-8,13H2,1-4H3,(H,27,33)(H,29,30,31,32)/t15-/m0/s1. The minimum Gasteiger partial charge on any atom is -0.479 e. The molecule has 14 heteroatoms. The van der Waals surface area contributed by atoms with Gasteiger partial charge in [0.25, 0.3) is 0 Å². The van der Waals surface area contributed by atoms with E-state index in [-0.39, 0.29) is 11.9 Å². The maximum Gasteiger partial charge on any atom is 0.250 e. The molecule has 1 aliphatic rings. The molecule has 12 nitrogen and oxygen atoms in total. The smallest absolute Gasteiger partial charge is 0.250 e. The van der Waals surface area contributed by atoms with Crippen LogP contribution in [0.15, 0.2) is 30.9 Å². The van der Waals surface area contributed by atoms with Crippen molar-refractivity contribution >= 4 is 32.7 Å². The van der Waals surface area contributed by atoms with Gasteiger partial charge < -0.3 is 15.0 Å². The molecule has 4 aromatic rings. The average molecular weight is 556 g/mol. The second kappa shape index (κ2) is 10.8. The fraction of sp³-hybridized carbons (Fsp3) is 0.400. The van der Waals surface area contributed by atoms with Crippen LogP contribution in [0.4, 0.5) is 15.9 Å². The lowest BCUT2D eigenvalue weighted by Crippen LogP contribution is -2.53. The van der Waals surface area contributed by atoms with E-state index in [1.165, 1.54) is 29.9 Å². The zero-order valence-corrected chi connectivity index (χ0v) is 23.0. The van der Waals surface area contributed by atoms with E-state index in [2.05, 4.69) is 40.1 Å². The van der Waals surface area contributed by atoms with Crippen molar-refractivity contribution in [2.45, 2.75) is 26.3 Å². The predicted molar refractivity (Wildman–Crippen MR) is 145 cm³/mol. The highest BCUT2D eigenvalue weighted by Crippen LogP contribution is 2.32. The van der Waals surface area contributed by atoms with Gasteiger partial charge in [0.1, 0.15) is 22.9 Å². The van der Waals surface area contributed by atoms with Crippen molar-refractivity contribution in [3.05, 3.63) is 48.1 Å². The largest absolute Gasteiger partial charge is 0.479 e. The number of halogens is 1. The normalized spacial score (nSPS) is 17.0. The second-order valence-electron chi connectivity index (χ2n) is 9.56. The molecule has 0 spiro atoms. The monoisotopic (exact) mass is 555 g/mol. The molecule has 206 valence electrons. The number of nitrogens with one attached hydrogen (secondary N) is 2. The van der Waals surface area contributed by atoms with Crippen LogP contribution < -0.4 is 10.1 Å². The van der Waals surface area contributed by atoms with Gasteiger partial charge in [0.15, 0.2) is 11.5 Å². The number of imidazole rings is 1. The van der Waals surface area contributed by atoms with Crippen LogP contribution in [0, 0.1) is 12.7 Å². The molecular weight excluding hydrogens is 525 g/mol. The van der Waals surface area contributed by atoms with Crippen LogP contribution in [-0.4, -0.2) is 93.1 Å². The van der Waals surface area contributed by atoms with Gasteiger partial charge in [0.2, 0.25) is 15.9 Å². The molecule has 0 bridgehead atoms. The molecular formula is C25H30FN9O3S. The van der Waals surface area contributed by atoms with Gasteiger partial charge in [-0.1, -0.05) is 0 Å². The third kappa shape index (κ3) is 5.82. The maximum atomic E-state index is 14.3. The molecule has 1 atom stereocenters. The molecule has 5 heterocycles. The number of aromatic amines is 1. The van der Waals surface area contributed by atoms with Crippen molar-refractivity contribution in [3.63, 3.8) is 0 Å². The van der Waals surface area contributed by atoms with E-state index in [0.717, 1.165) is 12.1 Å². The molecule has 39 heavy (non-hydrogen) atoms. The summed E-state index contributed by atoms with van der Waals surface area (Å²) in [6, 6.07) is 3.38. The van der Waals surface area contributed by atoms with Crippen molar-refractivity contribution in [2.24, 2.45) is 0 Å². The number of anilines is 2. The fourth-order valence-electron chi connectivity index (χ4n) is 4.71. The third-order valence-corrected chi connectivity index (χ3v) is 8.01. The summed E-state index contributed by atoms with van der Waals surface area (Å²) in [5.41, 5.74) is 3.87. The molecule has 0 amide bonds. The number of aryl methyl sites for hydroxylation is 1. The molecule has 5 rings (SSSR count). The van der Waals surface area contributed by atoms with Gasteiger partial charge in [0.05, 0.1) is 31.6 Å². The first-order valence-electron chi connectivity index (χ1n) is 12.4. The molecule has 2 N–H and O–H groups in total. The lowest BCUT2D eigenvalue weighted by molar-refractivity contribution is 0.131. The van der Waals surface area contributed by atoms with Crippen molar-refractivity contribution in [2.75, 3.05) is 44.9 Å². The first kappa shape index (κ1) is 26.8. The Bertz CT molecular complexity index is 1610. The topological polar surface area (TPSA) is 142 Å². The van der Waals surface area contributed by atoms with Crippen LogP contribution in [-0.2, 0) is 16.4 Å². The summed E-state index contributed by atoms with van der Waals surface area (Å²) in [5.74, 6) is 0.325. The Morgan fingerprint density at radius 2 is 2.00 bits per heavy atom. The van der Waals surface area contributed by atoms with Gasteiger partial charge >= 0.3 is 0 Å². The van der Waals surface area contributed by atoms with Crippen LogP contribution in [0.3, 0.4) is 0 Å². The average Bonchev–Trinajstić information content (AvgIpc) is 3.36. The molecule has 1 fully saturated rings. The molecule has 0 aliphatic carbocycles. The van der Waals surface area contributed by atoms with E-state index in [1.807, 2.05) is 13.0 Å². The highest BCUT2D eigenvalue weighted by Gasteiger charge is 2.28. The number of fused-ring (bicyclic) bond motifs is 1. The summed E-state index contributed by atoms with van der Waals surface area (Å²) >= 11 is 0. The van der Waals surface area contributed by atoms with E-state index in [1.54, 1.807) is 19.4 Å². The maximum absolute atomic E-state index is 14.3. The summed E-state index contributed by atoms with van der Waals surface area (Å²) in [4.78, 5) is 27.4. The Morgan fingerprint density at radius 3 is 2.72 bits per heavy atom. The van der Waals surface area contributed by atoms with Crippen molar-refractivity contribution in [1.29, 1.82) is 0 Å². The number of nitrogens with zero attached hydrogens (tertiary/aromatic N) is 7. The summed E-state index contributed by atoms with van der Waals surface area (Å²) in [5, 5.41) is 3.16. The number of ether oxygens (including phenoxy) is 1. The molecule has 0 aromatic carbocycles. The SMILES string of the molecule is COc1ncc(Nc2ncc(CCN3CCN(S(C)(=O)=O)C[C@@H]3C)cc2-c2nc(C)nc3nc[nH]c23)cc1F. The van der Waals surface area contributed by atoms with E-state index in [9.17, 15) is 12.8 Å². The highest BCUT2D eigenvalue weighted by molar-refractivity contribution is 7.88. The minimum atomic E-state index is -3.20. The minimum absolute atomic E-state index is 0.0912. The van der Waals surface area contributed by atoms with Gasteiger partial charge in [-0.25, -0.2) is 37.7 Å². The summed E-state index contributed by atoms with van der Waals surface area (Å²) in [6.45, 7) is 6.17. The lowest BCUT2D eigenvalue weighted by atomic mass is 10.1. The van der Waals surface area contributed by atoms with Crippen molar-refractivity contribution < 1.29 is 17.5 Å². The Balaban J connectivity index is 1.45. The number of hydrogen-bond donors (Lipinski definition) is 2. The van der Waals surface area contributed by atoms with Crippen LogP contribution in [0.5, 0.6) is 5.88 Å². The molecule has 4 aromatic heterocycles. The van der Waals surface area contributed by atoms with Crippen LogP contribution in [0.1, 0.15) is 18.3 Å². The molecule has 1 saturated heterocycles. The van der Waals surface area contributed by atoms with Gasteiger partial charge in [-0.3, -0.25) is 4.90 Å². The van der Waals surface area contributed by atoms with Crippen molar-refractivity contribution in [3.8, 4) is 17.1 Å². The molecule has 0 saturated carbocycles. The van der Waals surface area contributed by atoms with Gasteiger partial charge in [-0.05, 0) is 31.9 Å². The summed E-state index contributed by atoms with van der Waals surface area (Å²) in [6.07, 6.45) is 6.75. The first-order valence-corrected chi connectivity index (χ1v) is 14.3. The number of rotatable bonds is 8. The van der Waals surface area contributed by atoms with E-state index < -0.39 is 15.8 Å². The van der Waals surface area contributed by atoms with Crippen LogP contribution in [0.2, 0.25) is 0 Å². The number of pyridine rings is 2. The van der Waals surface area contributed by atoms with E-state index >= 15 is 0 Å². The van der Waals surface area contributed by atoms with Gasteiger partial charge in [-0.15, -0.1) is 0 Å². The predicted octanol–water partition coefficient (Wildman–Crippen LogP) is 2.52. The highest BCUT2D eigenvalue weighted by atomic mass is 32.2. The third-order valence-electron chi connectivity index (χ3n) is 6.74. The Labute approximate surface area is 225 Å².